The van der Waals surface area contributed by atoms with Crippen LogP contribution < -0.4 is 4.74 Å². The topological polar surface area (TPSA) is 27.1 Å². The normalized spacial score (nSPS) is 9.56. The fourth-order valence-electron chi connectivity index (χ4n) is 0.651. The van der Waals surface area contributed by atoms with Gasteiger partial charge in [0.2, 0.25) is 5.88 Å². The van der Waals surface area contributed by atoms with Crippen LogP contribution in [0.15, 0.2) is 12.3 Å². The molecule has 50 valence electrons. The fourth-order valence-corrected chi connectivity index (χ4v) is 0.651. The Labute approximate surface area is 54.2 Å². The summed E-state index contributed by atoms with van der Waals surface area (Å²) in [4.78, 5) is 0. The van der Waals surface area contributed by atoms with Crippen molar-refractivity contribution >= 4 is 0 Å². The van der Waals surface area contributed by atoms with Crippen LogP contribution in [0.2, 0.25) is 0 Å². The van der Waals surface area contributed by atoms with E-state index in [4.69, 9.17) is 4.74 Å². The third-order valence-corrected chi connectivity index (χ3v) is 1.07. The predicted molar refractivity (Wildman–Crippen MR) is 34.4 cm³/mol. The van der Waals surface area contributed by atoms with Gasteiger partial charge in [-0.2, -0.15) is 5.10 Å². The first-order valence-corrected chi connectivity index (χ1v) is 2.95. The standard InChI is InChI=1S/C6H10N2O/c1-3-9-6-4-5-7-8(6)2/h4-5H,3H2,1-2H3. The van der Waals surface area contributed by atoms with Crippen molar-refractivity contribution in [2.75, 3.05) is 6.61 Å². The summed E-state index contributed by atoms with van der Waals surface area (Å²) in [6.45, 7) is 2.65. The maximum atomic E-state index is 5.18. The van der Waals surface area contributed by atoms with Crippen LogP contribution >= 0.6 is 0 Å². The van der Waals surface area contributed by atoms with Crippen molar-refractivity contribution in [1.82, 2.24) is 9.78 Å². The van der Waals surface area contributed by atoms with Gasteiger partial charge in [-0.1, -0.05) is 0 Å². The van der Waals surface area contributed by atoms with Gasteiger partial charge in [-0.3, -0.25) is 0 Å². The van der Waals surface area contributed by atoms with Gasteiger partial charge in [0, 0.05) is 13.1 Å². The Morgan fingerprint density at radius 2 is 2.56 bits per heavy atom. The summed E-state index contributed by atoms with van der Waals surface area (Å²) in [6.07, 6.45) is 1.71. The van der Waals surface area contributed by atoms with Crippen LogP contribution in [0.25, 0.3) is 0 Å². The maximum Gasteiger partial charge on any atom is 0.211 e. The van der Waals surface area contributed by atoms with E-state index in [1.807, 2.05) is 20.0 Å². The first kappa shape index (κ1) is 6.13. The molecule has 9 heavy (non-hydrogen) atoms. The molecule has 0 aliphatic rings. The summed E-state index contributed by atoms with van der Waals surface area (Å²) >= 11 is 0. The van der Waals surface area contributed by atoms with Crippen molar-refractivity contribution in [3.8, 4) is 5.88 Å². The lowest BCUT2D eigenvalue weighted by Crippen LogP contribution is -1.98. The van der Waals surface area contributed by atoms with E-state index >= 15 is 0 Å². The SMILES string of the molecule is CCOc1ccnn1C. The van der Waals surface area contributed by atoms with E-state index in [9.17, 15) is 0 Å². The van der Waals surface area contributed by atoms with Crippen molar-refractivity contribution in [3.05, 3.63) is 12.3 Å². The van der Waals surface area contributed by atoms with Crippen molar-refractivity contribution in [2.45, 2.75) is 6.92 Å². The molecule has 0 fully saturated rings. The van der Waals surface area contributed by atoms with Crippen LogP contribution in [0, 0.1) is 0 Å². The molecule has 0 aromatic carbocycles. The van der Waals surface area contributed by atoms with Crippen LogP contribution in [0.5, 0.6) is 5.88 Å². The monoisotopic (exact) mass is 126 g/mol. The molecule has 0 aliphatic heterocycles. The quantitative estimate of drug-likeness (QED) is 0.586. The maximum absolute atomic E-state index is 5.18. The van der Waals surface area contributed by atoms with Gasteiger partial charge < -0.3 is 4.74 Å². The van der Waals surface area contributed by atoms with E-state index in [1.54, 1.807) is 10.9 Å². The smallest absolute Gasteiger partial charge is 0.211 e. The van der Waals surface area contributed by atoms with Gasteiger partial charge in [0.1, 0.15) is 0 Å². The van der Waals surface area contributed by atoms with Gasteiger partial charge in [-0.25, -0.2) is 4.68 Å². The Balaban J connectivity index is 2.69. The van der Waals surface area contributed by atoms with E-state index in [2.05, 4.69) is 5.10 Å². The van der Waals surface area contributed by atoms with Gasteiger partial charge in [0.15, 0.2) is 0 Å². The number of hydrogen-bond acceptors (Lipinski definition) is 2. The van der Waals surface area contributed by atoms with E-state index in [1.165, 1.54) is 0 Å². The average Bonchev–Trinajstić information content (AvgIpc) is 2.18. The van der Waals surface area contributed by atoms with E-state index in [0.29, 0.717) is 6.61 Å². The van der Waals surface area contributed by atoms with Crippen molar-refractivity contribution in [1.29, 1.82) is 0 Å². The number of rotatable bonds is 2. The Kier molecular flexibility index (Phi) is 1.72. The molecule has 1 rings (SSSR count). The van der Waals surface area contributed by atoms with Gasteiger partial charge >= 0.3 is 0 Å². The molecule has 0 atom stereocenters. The molecule has 1 heterocycles. The number of aromatic nitrogens is 2. The molecule has 0 amide bonds. The van der Waals surface area contributed by atoms with E-state index in [-0.39, 0.29) is 0 Å². The highest BCUT2D eigenvalue weighted by molar-refractivity contribution is 5.06. The van der Waals surface area contributed by atoms with Crippen molar-refractivity contribution in [2.24, 2.45) is 7.05 Å². The second-order valence-electron chi connectivity index (χ2n) is 1.73. The molecule has 1 aromatic heterocycles. The van der Waals surface area contributed by atoms with Crippen molar-refractivity contribution < 1.29 is 4.74 Å². The molecule has 1 aromatic rings. The zero-order valence-electron chi connectivity index (χ0n) is 5.66. The summed E-state index contributed by atoms with van der Waals surface area (Å²) in [7, 11) is 1.85. The minimum Gasteiger partial charge on any atom is -0.478 e. The second-order valence-corrected chi connectivity index (χ2v) is 1.73. The zero-order valence-corrected chi connectivity index (χ0v) is 5.66. The van der Waals surface area contributed by atoms with E-state index in [0.717, 1.165) is 5.88 Å². The van der Waals surface area contributed by atoms with Crippen LogP contribution in [-0.4, -0.2) is 16.4 Å². The molecule has 0 saturated carbocycles. The third-order valence-electron chi connectivity index (χ3n) is 1.07. The molecule has 0 unspecified atom stereocenters. The highest BCUT2D eigenvalue weighted by atomic mass is 16.5. The molecular formula is C6H10N2O. The Bertz CT molecular complexity index is 183. The highest BCUT2D eigenvalue weighted by Crippen LogP contribution is 2.05. The van der Waals surface area contributed by atoms with Crippen LogP contribution in [0.3, 0.4) is 0 Å². The molecule has 0 bridgehead atoms. The molecule has 0 saturated heterocycles. The molecule has 0 N–H and O–H groups in total. The lowest BCUT2D eigenvalue weighted by molar-refractivity contribution is 0.309. The van der Waals surface area contributed by atoms with Gasteiger partial charge in [0.25, 0.3) is 0 Å². The minimum atomic E-state index is 0.694. The summed E-state index contributed by atoms with van der Waals surface area (Å²) < 4.78 is 6.88. The van der Waals surface area contributed by atoms with Gasteiger partial charge in [-0.15, -0.1) is 0 Å². The first-order chi connectivity index (χ1) is 4.34. The first-order valence-electron chi connectivity index (χ1n) is 2.95. The molecule has 0 aliphatic carbocycles. The zero-order chi connectivity index (χ0) is 6.69. The molecule has 0 spiro atoms. The van der Waals surface area contributed by atoms with Gasteiger partial charge in [-0.05, 0) is 6.92 Å². The summed E-state index contributed by atoms with van der Waals surface area (Å²) in [5.41, 5.74) is 0. The number of hydrogen-bond donors (Lipinski definition) is 0. The second kappa shape index (κ2) is 2.53. The fraction of sp³-hybridized carbons (Fsp3) is 0.500. The van der Waals surface area contributed by atoms with Crippen LogP contribution in [-0.2, 0) is 7.05 Å². The number of ether oxygens (including phenoxy) is 1. The summed E-state index contributed by atoms with van der Waals surface area (Å²) in [5.74, 6) is 0.817. The number of aryl methyl sites for hydroxylation is 1. The number of nitrogens with zero attached hydrogens (tertiary/aromatic N) is 2. The molecular weight excluding hydrogens is 116 g/mol. The molecule has 3 heteroatoms. The van der Waals surface area contributed by atoms with Crippen LogP contribution in [0.4, 0.5) is 0 Å². The Morgan fingerprint density at radius 1 is 1.78 bits per heavy atom. The molecule has 0 radical (unpaired) electrons. The predicted octanol–water partition coefficient (Wildman–Crippen LogP) is 0.819. The highest BCUT2D eigenvalue weighted by Gasteiger charge is 1.93. The summed E-state index contributed by atoms with van der Waals surface area (Å²) in [6, 6.07) is 1.84. The van der Waals surface area contributed by atoms with E-state index < -0.39 is 0 Å². The largest absolute Gasteiger partial charge is 0.478 e. The average molecular weight is 126 g/mol. The van der Waals surface area contributed by atoms with Crippen molar-refractivity contribution in [3.63, 3.8) is 0 Å². The minimum absolute atomic E-state index is 0.694. The lowest BCUT2D eigenvalue weighted by atomic mass is 10.7. The third kappa shape index (κ3) is 1.22. The summed E-state index contributed by atoms with van der Waals surface area (Å²) in [5, 5.41) is 3.93. The Morgan fingerprint density at radius 3 is 3.00 bits per heavy atom. The van der Waals surface area contributed by atoms with Crippen LogP contribution in [0.1, 0.15) is 6.92 Å². The lowest BCUT2D eigenvalue weighted by Gasteiger charge is -1.99. The molecule has 3 nitrogen and oxygen atoms in total. The van der Waals surface area contributed by atoms with Gasteiger partial charge in [0.05, 0.1) is 12.8 Å². The Hall–Kier alpha value is -0.990.